The van der Waals surface area contributed by atoms with Crippen molar-refractivity contribution in [3.63, 3.8) is 0 Å². The number of para-hydroxylation sites is 1. The minimum Gasteiger partial charge on any atom is -0.384 e. The van der Waals surface area contributed by atoms with Gasteiger partial charge in [0.15, 0.2) is 0 Å². The van der Waals surface area contributed by atoms with E-state index in [4.69, 9.17) is 4.74 Å². The molecule has 0 fully saturated rings. The lowest BCUT2D eigenvalue weighted by Crippen LogP contribution is -2.14. The van der Waals surface area contributed by atoms with Crippen molar-refractivity contribution in [3.05, 3.63) is 24.3 Å². The summed E-state index contributed by atoms with van der Waals surface area (Å²) >= 11 is 0. The Balaban J connectivity index is 2.73. The van der Waals surface area contributed by atoms with Crippen molar-refractivity contribution < 1.29 is 13.7 Å². The predicted molar refractivity (Wildman–Crippen MR) is 63.9 cm³/mol. The third kappa shape index (κ3) is 3.75. The molecule has 1 N–H and O–H groups in total. The van der Waals surface area contributed by atoms with Crippen LogP contribution < -0.4 is 5.32 Å². The average molecular weight is 241 g/mol. The molecule has 1 aromatic carbocycles. The predicted octanol–water partition coefficient (Wildman–Crippen LogP) is 1.40. The Kier molecular flexibility index (Phi) is 5.14. The number of hydrogen-bond acceptors (Lipinski definition) is 3. The van der Waals surface area contributed by atoms with Gasteiger partial charge in [-0.2, -0.15) is 0 Å². The summed E-state index contributed by atoms with van der Waals surface area (Å²) in [7, 11) is 0.435. The molecule has 0 unspecified atom stereocenters. The number of rotatable bonds is 5. The molecule has 1 rings (SSSR count). The van der Waals surface area contributed by atoms with E-state index >= 15 is 0 Å². The Morgan fingerprint density at radius 2 is 2.12 bits per heavy atom. The van der Waals surface area contributed by atoms with Crippen molar-refractivity contribution in [3.8, 4) is 0 Å². The van der Waals surface area contributed by atoms with Crippen LogP contribution in [0.25, 0.3) is 0 Å². The van der Waals surface area contributed by atoms with Crippen molar-refractivity contribution in [1.29, 1.82) is 0 Å². The van der Waals surface area contributed by atoms with E-state index in [2.05, 4.69) is 5.32 Å². The third-order valence-corrected chi connectivity index (χ3v) is 2.98. The quantitative estimate of drug-likeness (QED) is 0.847. The summed E-state index contributed by atoms with van der Waals surface area (Å²) in [6, 6.07) is 7.06. The molecular formula is C11H15NO3S. The summed E-state index contributed by atoms with van der Waals surface area (Å²) in [5.41, 5.74) is 0.601. The molecule has 1 amide bonds. The first-order chi connectivity index (χ1) is 7.65. The number of benzene rings is 1. The van der Waals surface area contributed by atoms with Crippen molar-refractivity contribution in [2.75, 3.05) is 25.3 Å². The van der Waals surface area contributed by atoms with E-state index < -0.39 is 10.8 Å². The van der Waals surface area contributed by atoms with Gasteiger partial charge in [-0.25, -0.2) is 0 Å². The number of amides is 1. The van der Waals surface area contributed by atoms with Crippen molar-refractivity contribution in [2.24, 2.45) is 0 Å². The molecule has 0 aliphatic rings. The zero-order valence-corrected chi connectivity index (χ0v) is 10.2. The zero-order chi connectivity index (χ0) is 12.0. The fourth-order valence-electron chi connectivity index (χ4n) is 1.23. The van der Waals surface area contributed by atoms with Gasteiger partial charge in [0.1, 0.15) is 0 Å². The van der Waals surface area contributed by atoms with Gasteiger partial charge in [0.2, 0.25) is 5.91 Å². The van der Waals surface area contributed by atoms with Crippen LogP contribution in [-0.4, -0.2) is 30.1 Å². The SMILES string of the molecule is COCCC(=O)Nc1ccccc1[S@@](C)=O. The van der Waals surface area contributed by atoms with Crippen molar-refractivity contribution >= 4 is 22.4 Å². The van der Waals surface area contributed by atoms with E-state index in [1.54, 1.807) is 37.6 Å². The molecule has 88 valence electrons. The van der Waals surface area contributed by atoms with Gasteiger partial charge in [-0.05, 0) is 12.1 Å². The molecule has 16 heavy (non-hydrogen) atoms. The molecule has 0 radical (unpaired) electrons. The number of ether oxygens (including phenoxy) is 1. The highest BCUT2D eigenvalue weighted by molar-refractivity contribution is 7.84. The first kappa shape index (κ1) is 12.9. The standard InChI is InChI=1S/C11H15NO3S/c1-15-8-7-11(13)12-9-5-3-4-6-10(9)16(2)14/h3-6H,7-8H2,1-2H3,(H,12,13)/t16-/m1/s1. The zero-order valence-electron chi connectivity index (χ0n) is 9.36. The number of carbonyl (C=O) groups is 1. The lowest BCUT2D eigenvalue weighted by molar-refractivity contribution is -0.117. The van der Waals surface area contributed by atoms with Gasteiger partial charge in [0.25, 0.3) is 0 Å². The Bertz CT molecular complexity index is 393. The normalized spacial score (nSPS) is 12.1. The van der Waals surface area contributed by atoms with E-state index in [1.165, 1.54) is 0 Å². The summed E-state index contributed by atoms with van der Waals surface area (Å²) in [4.78, 5) is 12.1. The first-order valence-corrected chi connectivity index (χ1v) is 6.42. The number of hydrogen-bond donors (Lipinski definition) is 1. The van der Waals surface area contributed by atoms with Gasteiger partial charge in [0, 0.05) is 13.4 Å². The minimum absolute atomic E-state index is 0.139. The highest BCUT2D eigenvalue weighted by Gasteiger charge is 2.08. The Morgan fingerprint density at radius 3 is 2.75 bits per heavy atom. The Morgan fingerprint density at radius 1 is 1.44 bits per heavy atom. The molecule has 5 heteroatoms. The van der Waals surface area contributed by atoms with Crippen molar-refractivity contribution in [2.45, 2.75) is 11.3 Å². The molecule has 0 saturated carbocycles. The summed E-state index contributed by atoms with van der Waals surface area (Å²) < 4.78 is 16.2. The largest absolute Gasteiger partial charge is 0.384 e. The van der Waals surface area contributed by atoms with Crippen LogP contribution in [0.4, 0.5) is 5.69 Å². The van der Waals surface area contributed by atoms with Crippen molar-refractivity contribution in [1.82, 2.24) is 0 Å². The second kappa shape index (κ2) is 6.40. The highest BCUT2D eigenvalue weighted by atomic mass is 32.2. The number of anilines is 1. The molecule has 0 spiro atoms. The highest BCUT2D eigenvalue weighted by Crippen LogP contribution is 2.18. The molecular weight excluding hydrogens is 226 g/mol. The van der Waals surface area contributed by atoms with Crippen LogP contribution in [-0.2, 0) is 20.3 Å². The maximum absolute atomic E-state index is 11.5. The summed E-state index contributed by atoms with van der Waals surface area (Å²) in [5.74, 6) is -0.139. The van der Waals surface area contributed by atoms with Gasteiger partial charge >= 0.3 is 0 Å². The summed E-state index contributed by atoms with van der Waals surface area (Å²) in [6.07, 6.45) is 1.88. The number of methoxy groups -OCH3 is 1. The summed E-state index contributed by atoms with van der Waals surface area (Å²) in [5, 5.41) is 2.71. The van der Waals surface area contributed by atoms with Gasteiger partial charge < -0.3 is 10.1 Å². The van der Waals surface area contributed by atoms with Crippen LogP contribution in [0.5, 0.6) is 0 Å². The van der Waals surface area contributed by atoms with Crippen LogP contribution in [0.2, 0.25) is 0 Å². The molecule has 0 heterocycles. The molecule has 0 saturated heterocycles. The minimum atomic E-state index is -1.11. The van der Waals surface area contributed by atoms with E-state index in [-0.39, 0.29) is 5.91 Å². The van der Waals surface area contributed by atoms with Crippen LogP contribution in [0, 0.1) is 0 Å². The smallest absolute Gasteiger partial charge is 0.226 e. The van der Waals surface area contributed by atoms with Crippen LogP contribution in [0.15, 0.2) is 29.2 Å². The second-order valence-electron chi connectivity index (χ2n) is 3.24. The monoisotopic (exact) mass is 241 g/mol. The Hall–Kier alpha value is -1.20. The first-order valence-electron chi connectivity index (χ1n) is 4.86. The van der Waals surface area contributed by atoms with Gasteiger partial charge in [-0.1, -0.05) is 12.1 Å². The lowest BCUT2D eigenvalue weighted by atomic mass is 10.3. The summed E-state index contributed by atoms with van der Waals surface area (Å²) in [6.45, 7) is 0.378. The molecule has 1 aromatic rings. The van der Waals surface area contributed by atoms with Crippen LogP contribution >= 0.6 is 0 Å². The van der Waals surface area contributed by atoms with E-state index in [9.17, 15) is 9.00 Å². The topological polar surface area (TPSA) is 55.4 Å². The molecule has 0 aromatic heterocycles. The molecule has 0 aliphatic carbocycles. The number of carbonyl (C=O) groups excluding carboxylic acids is 1. The van der Waals surface area contributed by atoms with Gasteiger partial charge in [-0.3, -0.25) is 9.00 Å². The van der Waals surface area contributed by atoms with Gasteiger partial charge in [-0.15, -0.1) is 0 Å². The van der Waals surface area contributed by atoms with E-state index in [1.807, 2.05) is 0 Å². The molecule has 1 atom stereocenters. The van der Waals surface area contributed by atoms with E-state index in [0.717, 1.165) is 0 Å². The second-order valence-corrected chi connectivity index (χ2v) is 4.59. The maximum atomic E-state index is 11.5. The average Bonchev–Trinajstić information content (AvgIpc) is 2.27. The number of nitrogens with one attached hydrogen (secondary N) is 1. The van der Waals surface area contributed by atoms with Crippen LogP contribution in [0.1, 0.15) is 6.42 Å². The molecule has 0 aliphatic heterocycles. The lowest BCUT2D eigenvalue weighted by Gasteiger charge is -2.08. The maximum Gasteiger partial charge on any atom is 0.226 e. The van der Waals surface area contributed by atoms with Gasteiger partial charge in [0.05, 0.1) is 34.4 Å². The van der Waals surface area contributed by atoms with Crippen LogP contribution in [0.3, 0.4) is 0 Å². The fraction of sp³-hybridized carbons (Fsp3) is 0.364. The fourth-order valence-corrected chi connectivity index (χ4v) is 1.93. The molecule has 0 bridgehead atoms. The third-order valence-electron chi connectivity index (χ3n) is 2.00. The molecule has 4 nitrogen and oxygen atoms in total. The Labute approximate surface area is 97.5 Å². The van der Waals surface area contributed by atoms with E-state index in [0.29, 0.717) is 23.6 Å².